The van der Waals surface area contributed by atoms with Crippen LogP contribution < -0.4 is 10.6 Å². The van der Waals surface area contributed by atoms with E-state index in [-0.39, 0.29) is 16.7 Å². The van der Waals surface area contributed by atoms with Crippen molar-refractivity contribution in [3.63, 3.8) is 0 Å². The molecule has 0 radical (unpaired) electrons. The monoisotopic (exact) mass is 361 g/mol. The third-order valence-corrected chi connectivity index (χ3v) is 4.36. The van der Waals surface area contributed by atoms with E-state index < -0.39 is 0 Å². The van der Waals surface area contributed by atoms with Crippen LogP contribution in [0.5, 0.6) is 0 Å². The van der Waals surface area contributed by atoms with Crippen molar-refractivity contribution in [1.82, 2.24) is 0 Å². The standard InChI is InChI=1S/C12H16IN3O2/c1-8-4-5-15(7-11(8)14)12-3-2-9(16(17)18)6-10(12)13/h2-3,6,8,11H,4-5,7,14H2,1H3. The van der Waals surface area contributed by atoms with Crippen molar-refractivity contribution >= 4 is 34.0 Å². The molecule has 1 aliphatic rings. The van der Waals surface area contributed by atoms with Gasteiger partial charge in [-0.05, 0) is 41.0 Å². The van der Waals surface area contributed by atoms with Gasteiger partial charge in [-0.3, -0.25) is 10.1 Å². The Balaban J connectivity index is 2.21. The van der Waals surface area contributed by atoms with Crippen LogP contribution in [0, 0.1) is 19.6 Å². The minimum atomic E-state index is -0.365. The predicted octanol–water partition coefficient (Wildman–Crippen LogP) is 2.37. The summed E-state index contributed by atoms with van der Waals surface area (Å²) in [6.45, 7) is 3.94. The summed E-state index contributed by atoms with van der Waals surface area (Å²) in [5.41, 5.74) is 7.26. The van der Waals surface area contributed by atoms with E-state index in [1.807, 2.05) is 6.07 Å². The Labute approximate surface area is 120 Å². The van der Waals surface area contributed by atoms with Crippen LogP contribution in [-0.2, 0) is 0 Å². The normalized spacial score (nSPS) is 24.1. The number of nitrogens with two attached hydrogens (primary N) is 1. The number of hydrogen-bond donors (Lipinski definition) is 1. The van der Waals surface area contributed by atoms with Gasteiger partial charge in [0, 0.05) is 34.8 Å². The van der Waals surface area contributed by atoms with Crippen molar-refractivity contribution < 1.29 is 4.92 Å². The second-order valence-corrected chi connectivity index (χ2v) is 5.93. The number of piperidine rings is 1. The van der Waals surface area contributed by atoms with Crippen molar-refractivity contribution in [3.8, 4) is 0 Å². The number of benzene rings is 1. The second kappa shape index (κ2) is 5.40. The van der Waals surface area contributed by atoms with Gasteiger partial charge in [0.1, 0.15) is 0 Å². The lowest BCUT2D eigenvalue weighted by molar-refractivity contribution is -0.384. The van der Waals surface area contributed by atoms with E-state index in [4.69, 9.17) is 5.73 Å². The third-order valence-electron chi connectivity index (χ3n) is 3.50. The number of hydrogen-bond acceptors (Lipinski definition) is 4. The molecule has 2 unspecified atom stereocenters. The Morgan fingerprint density at radius 2 is 2.28 bits per heavy atom. The summed E-state index contributed by atoms with van der Waals surface area (Å²) >= 11 is 2.15. The maximum Gasteiger partial charge on any atom is 0.270 e. The highest BCUT2D eigenvalue weighted by Crippen LogP contribution is 2.29. The fraction of sp³-hybridized carbons (Fsp3) is 0.500. The van der Waals surface area contributed by atoms with Crippen molar-refractivity contribution in [1.29, 1.82) is 0 Å². The largest absolute Gasteiger partial charge is 0.369 e. The molecule has 0 aromatic heterocycles. The molecule has 0 amide bonds. The molecule has 0 bridgehead atoms. The molecule has 1 aromatic rings. The van der Waals surface area contributed by atoms with Crippen LogP contribution in [0.15, 0.2) is 18.2 Å². The van der Waals surface area contributed by atoms with Gasteiger partial charge in [0.05, 0.1) is 10.6 Å². The topological polar surface area (TPSA) is 72.4 Å². The fourth-order valence-electron chi connectivity index (χ4n) is 2.18. The fourth-order valence-corrected chi connectivity index (χ4v) is 3.02. The minimum Gasteiger partial charge on any atom is -0.369 e. The molecule has 1 aliphatic heterocycles. The van der Waals surface area contributed by atoms with E-state index in [9.17, 15) is 10.1 Å². The third kappa shape index (κ3) is 2.74. The molecule has 18 heavy (non-hydrogen) atoms. The quantitative estimate of drug-likeness (QED) is 0.499. The van der Waals surface area contributed by atoms with Gasteiger partial charge in [0.2, 0.25) is 0 Å². The molecule has 2 N–H and O–H groups in total. The number of halogens is 1. The second-order valence-electron chi connectivity index (χ2n) is 4.77. The molecule has 0 aliphatic carbocycles. The molecule has 0 spiro atoms. The lowest BCUT2D eigenvalue weighted by Crippen LogP contribution is -2.47. The predicted molar refractivity (Wildman–Crippen MR) is 79.8 cm³/mol. The van der Waals surface area contributed by atoms with Gasteiger partial charge in [0.25, 0.3) is 5.69 Å². The summed E-state index contributed by atoms with van der Waals surface area (Å²) < 4.78 is 0.906. The van der Waals surface area contributed by atoms with E-state index >= 15 is 0 Å². The summed E-state index contributed by atoms with van der Waals surface area (Å²) in [7, 11) is 0. The van der Waals surface area contributed by atoms with Crippen molar-refractivity contribution in [2.75, 3.05) is 18.0 Å². The molecule has 2 rings (SSSR count). The van der Waals surface area contributed by atoms with Gasteiger partial charge in [-0.2, -0.15) is 0 Å². The van der Waals surface area contributed by atoms with Crippen LogP contribution in [0.3, 0.4) is 0 Å². The average molecular weight is 361 g/mol. The zero-order chi connectivity index (χ0) is 13.3. The van der Waals surface area contributed by atoms with Crippen molar-refractivity contribution in [2.24, 2.45) is 11.7 Å². The molecule has 1 aromatic carbocycles. The molecular weight excluding hydrogens is 345 g/mol. The first-order valence-electron chi connectivity index (χ1n) is 5.93. The maximum absolute atomic E-state index is 10.7. The SMILES string of the molecule is CC1CCN(c2ccc([N+](=O)[O-])cc2I)CC1N. The number of nitrogens with zero attached hydrogens (tertiary/aromatic N) is 2. The van der Waals surface area contributed by atoms with Crippen LogP contribution >= 0.6 is 22.6 Å². The molecule has 1 saturated heterocycles. The number of rotatable bonds is 2. The van der Waals surface area contributed by atoms with E-state index in [0.717, 1.165) is 28.8 Å². The first-order chi connectivity index (χ1) is 8.49. The van der Waals surface area contributed by atoms with Gasteiger partial charge in [-0.15, -0.1) is 0 Å². The number of non-ortho nitro benzene ring substituents is 1. The van der Waals surface area contributed by atoms with Gasteiger partial charge < -0.3 is 10.6 Å². The molecule has 0 saturated carbocycles. The van der Waals surface area contributed by atoms with Gasteiger partial charge in [-0.25, -0.2) is 0 Å². The Morgan fingerprint density at radius 1 is 1.56 bits per heavy atom. The minimum absolute atomic E-state index is 0.137. The van der Waals surface area contributed by atoms with Gasteiger partial charge in [-0.1, -0.05) is 6.92 Å². The van der Waals surface area contributed by atoms with Crippen LogP contribution in [0.2, 0.25) is 0 Å². The smallest absolute Gasteiger partial charge is 0.270 e. The molecule has 5 nitrogen and oxygen atoms in total. The molecule has 98 valence electrons. The molecular formula is C12H16IN3O2. The summed E-state index contributed by atoms with van der Waals surface area (Å²) in [5, 5.41) is 10.7. The van der Waals surface area contributed by atoms with Crippen molar-refractivity contribution in [2.45, 2.75) is 19.4 Å². The summed E-state index contributed by atoms with van der Waals surface area (Å²) in [4.78, 5) is 12.6. The molecule has 1 heterocycles. The molecule has 1 fully saturated rings. The molecule has 6 heteroatoms. The first kappa shape index (κ1) is 13.5. The zero-order valence-electron chi connectivity index (χ0n) is 10.2. The van der Waals surface area contributed by atoms with Crippen LogP contribution in [0.1, 0.15) is 13.3 Å². The van der Waals surface area contributed by atoms with Gasteiger partial charge >= 0.3 is 0 Å². The number of nitro groups is 1. The Bertz CT molecular complexity index is 467. The number of nitro benzene ring substituents is 1. The van der Waals surface area contributed by atoms with Crippen molar-refractivity contribution in [3.05, 3.63) is 31.9 Å². The van der Waals surface area contributed by atoms with E-state index in [1.54, 1.807) is 12.1 Å². The number of anilines is 1. The lowest BCUT2D eigenvalue weighted by atomic mass is 9.94. The highest BCUT2D eigenvalue weighted by Gasteiger charge is 2.24. The average Bonchev–Trinajstić information content (AvgIpc) is 2.32. The maximum atomic E-state index is 10.7. The molecule has 2 atom stereocenters. The van der Waals surface area contributed by atoms with E-state index in [1.165, 1.54) is 0 Å². The Hall–Kier alpha value is -0.890. The lowest BCUT2D eigenvalue weighted by Gasteiger charge is -2.37. The highest BCUT2D eigenvalue weighted by molar-refractivity contribution is 14.1. The van der Waals surface area contributed by atoms with E-state index in [2.05, 4.69) is 34.4 Å². The van der Waals surface area contributed by atoms with Crippen LogP contribution in [0.4, 0.5) is 11.4 Å². The Kier molecular flexibility index (Phi) is 4.06. The first-order valence-corrected chi connectivity index (χ1v) is 7.01. The zero-order valence-corrected chi connectivity index (χ0v) is 12.3. The van der Waals surface area contributed by atoms with Crippen LogP contribution in [0.25, 0.3) is 0 Å². The summed E-state index contributed by atoms with van der Waals surface area (Å²) in [5.74, 6) is 0.539. The summed E-state index contributed by atoms with van der Waals surface area (Å²) in [6.07, 6.45) is 1.06. The van der Waals surface area contributed by atoms with Gasteiger partial charge in [0.15, 0.2) is 0 Å². The Morgan fingerprint density at radius 3 is 2.83 bits per heavy atom. The van der Waals surface area contributed by atoms with E-state index in [0.29, 0.717) is 5.92 Å². The van der Waals surface area contributed by atoms with Crippen LogP contribution in [-0.4, -0.2) is 24.1 Å². The highest BCUT2D eigenvalue weighted by atomic mass is 127. The summed E-state index contributed by atoms with van der Waals surface area (Å²) in [6, 6.07) is 5.16.